The van der Waals surface area contributed by atoms with E-state index in [9.17, 15) is 4.79 Å². The molecule has 4 rings (SSSR count). The normalized spacial score (nSPS) is 10.0. The van der Waals surface area contributed by atoms with Gasteiger partial charge in [0.1, 0.15) is 34.6 Å². The van der Waals surface area contributed by atoms with Gasteiger partial charge >= 0.3 is 0 Å². The van der Waals surface area contributed by atoms with Crippen LogP contribution in [-0.4, -0.2) is 20.9 Å². The molecule has 0 aliphatic rings. The fourth-order valence-electron chi connectivity index (χ4n) is 2.64. The number of nitrogens with one attached hydrogen (secondary N) is 1. The molecule has 31 heavy (non-hydrogen) atoms. The Morgan fingerprint density at radius 1 is 0.871 bits per heavy atom. The van der Waals surface area contributed by atoms with Crippen molar-refractivity contribution in [2.45, 2.75) is 0 Å². The summed E-state index contributed by atoms with van der Waals surface area (Å²) in [6.07, 6.45) is 6.22. The van der Waals surface area contributed by atoms with Crippen LogP contribution in [0.3, 0.4) is 0 Å². The molecule has 0 saturated carbocycles. The van der Waals surface area contributed by atoms with Gasteiger partial charge < -0.3 is 14.8 Å². The van der Waals surface area contributed by atoms with E-state index < -0.39 is 0 Å². The zero-order valence-corrected chi connectivity index (χ0v) is 16.1. The number of rotatable bonds is 6. The molecule has 8 heteroatoms. The van der Waals surface area contributed by atoms with Crippen molar-refractivity contribution in [1.82, 2.24) is 15.0 Å². The second kappa shape index (κ2) is 9.15. The summed E-state index contributed by atoms with van der Waals surface area (Å²) in [5.74, 6) is 1.34. The van der Waals surface area contributed by atoms with E-state index in [0.29, 0.717) is 22.9 Å². The highest BCUT2D eigenvalue weighted by atomic mass is 16.5. The first-order valence-corrected chi connectivity index (χ1v) is 9.19. The maximum absolute atomic E-state index is 12.8. The lowest BCUT2D eigenvalue weighted by molar-refractivity contribution is 0.102. The molecule has 0 bridgehead atoms. The van der Waals surface area contributed by atoms with Crippen LogP contribution in [0.15, 0.2) is 85.5 Å². The molecule has 0 aliphatic heterocycles. The number of benzene rings is 1. The third-order valence-corrected chi connectivity index (χ3v) is 4.06. The van der Waals surface area contributed by atoms with Crippen LogP contribution in [0.25, 0.3) is 0 Å². The quantitative estimate of drug-likeness (QED) is 0.496. The van der Waals surface area contributed by atoms with Crippen LogP contribution in [-0.2, 0) is 0 Å². The molecule has 1 amide bonds. The zero-order chi connectivity index (χ0) is 21.5. The molecular weight excluding hydrogens is 394 g/mol. The van der Waals surface area contributed by atoms with Crippen LogP contribution >= 0.6 is 0 Å². The Labute approximate surface area is 177 Å². The average molecular weight is 409 g/mol. The van der Waals surface area contributed by atoms with Gasteiger partial charge in [-0.05, 0) is 54.6 Å². The van der Waals surface area contributed by atoms with Crippen LogP contribution in [0.4, 0.5) is 5.69 Å². The Bertz CT molecular complexity index is 1240. The fourth-order valence-corrected chi connectivity index (χ4v) is 2.64. The number of nitriles is 1. The monoisotopic (exact) mass is 409 g/mol. The molecule has 0 atom stereocenters. The minimum absolute atomic E-state index is 0.180. The van der Waals surface area contributed by atoms with Gasteiger partial charge in [-0.2, -0.15) is 5.26 Å². The Kier molecular flexibility index (Phi) is 5.77. The third-order valence-electron chi connectivity index (χ3n) is 4.06. The molecule has 8 nitrogen and oxygen atoms in total. The topological polar surface area (TPSA) is 110 Å². The van der Waals surface area contributed by atoms with Crippen LogP contribution in [0.1, 0.15) is 16.1 Å². The van der Waals surface area contributed by atoms with Crippen LogP contribution < -0.4 is 14.8 Å². The Morgan fingerprint density at radius 2 is 1.71 bits per heavy atom. The van der Waals surface area contributed by atoms with Gasteiger partial charge in [0.2, 0.25) is 5.88 Å². The van der Waals surface area contributed by atoms with Crippen molar-refractivity contribution in [1.29, 1.82) is 5.26 Å². The molecule has 1 N–H and O–H groups in total. The summed E-state index contributed by atoms with van der Waals surface area (Å²) in [5, 5.41) is 11.7. The first-order valence-electron chi connectivity index (χ1n) is 9.19. The van der Waals surface area contributed by atoms with E-state index in [4.69, 9.17) is 14.7 Å². The van der Waals surface area contributed by atoms with Gasteiger partial charge in [-0.1, -0.05) is 0 Å². The number of pyridine rings is 3. The number of carbonyl (C=O) groups is 1. The number of carbonyl (C=O) groups excluding carboxylic acids is 1. The standard InChI is InChI=1S/C23H15N5O3/c24-14-17-13-19(9-12-26-17)30-18-7-5-16(6-8-18)28-22(29)21-4-2-11-27-23(21)31-20-3-1-10-25-15-20/h1-13,15H,(H,28,29). The second-order valence-electron chi connectivity index (χ2n) is 6.22. The lowest BCUT2D eigenvalue weighted by Gasteiger charge is -2.11. The highest BCUT2D eigenvalue weighted by Gasteiger charge is 2.15. The van der Waals surface area contributed by atoms with Crippen molar-refractivity contribution >= 4 is 11.6 Å². The summed E-state index contributed by atoms with van der Waals surface area (Å²) in [4.78, 5) is 24.8. The highest BCUT2D eigenvalue weighted by molar-refractivity contribution is 6.05. The zero-order valence-electron chi connectivity index (χ0n) is 16.1. The Hall–Kier alpha value is -4.77. The van der Waals surface area contributed by atoms with Gasteiger partial charge in [-0.3, -0.25) is 9.78 Å². The maximum Gasteiger partial charge on any atom is 0.261 e. The van der Waals surface area contributed by atoms with E-state index in [1.165, 1.54) is 12.4 Å². The number of hydrogen-bond acceptors (Lipinski definition) is 7. The van der Waals surface area contributed by atoms with Crippen molar-refractivity contribution in [3.63, 3.8) is 0 Å². The third kappa shape index (κ3) is 4.99. The van der Waals surface area contributed by atoms with Gasteiger partial charge in [-0.25, -0.2) is 9.97 Å². The van der Waals surface area contributed by atoms with E-state index in [-0.39, 0.29) is 23.0 Å². The maximum atomic E-state index is 12.8. The molecule has 3 aromatic heterocycles. The minimum atomic E-state index is -0.367. The Balaban J connectivity index is 1.45. The van der Waals surface area contributed by atoms with Gasteiger partial charge in [0.25, 0.3) is 5.91 Å². The summed E-state index contributed by atoms with van der Waals surface area (Å²) in [6.45, 7) is 0. The number of amides is 1. The molecule has 0 unspecified atom stereocenters. The largest absolute Gasteiger partial charge is 0.457 e. The minimum Gasteiger partial charge on any atom is -0.457 e. The summed E-state index contributed by atoms with van der Waals surface area (Å²) >= 11 is 0. The summed E-state index contributed by atoms with van der Waals surface area (Å²) in [5.41, 5.74) is 1.12. The molecule has 4 aromatic rings. The number of hydrogen-bond donors (Lipinski definition) is 1. The molecule has 1 aromatic carbocycles. The number of anilines is 1. The molecule has 0 spiro atoms. The first kappa shape index (κ1) is 19.5. The van der Waals surface area contributed by atoms with Gasteiger partial charge in [-0.15, -0.1) is 0 Å². The second-order valence-corrected chi connectivity index (χ2v) is 6.22. The number of nitrogens with zero attached hydrogens (tertiary/aromatic N) is 4. The number of ether oxygens (including phenoxy) is 2. The van der Waals surface area contributed by atoms with Crippen molar-refractivity contribution < 1.29 is 14.3 Å². The van der Waals surface area contributed by atoms with E-state index in [1.54, 1.807) is 73.1 Å². The molecule has 3 heterocycles. The average Bonchev–Trinajstić information content (AvgIpc) is 2.81. The molecule has 0 aliphatic carbocycles. The lowest BCUT2D eigenvalue weighted by Crippen LogP contribution is -2.13. The van der Waals surface area contributed by atoms with Crippen LogP contribution in [0.2, 0.25) is 0 Å². The van der Waals surface area contributed by atoms with E-state index in [0.717, 1.165) is 0 Å². The molecule has 0 fully saturated rings. The molecular formula is C23H15N5O3. The SMILES string of the molecule is N#Cc1cc(Oc2ccc(NC(=O)c3cccnc3Oc3cccnc3)cc2)ccn1. The van der Waals surface area contributed by atoms with Crippen molar-refractivity contribution in [2.24, 2.45) is 0 Å². The molecule has 0 saturated heterocycles. The first-order chi connectivity index (χ1) is 15.2. The highest BCUT2D eigenvalue weighted by Crippen LogP contribution is 2.25. The summed E-state index contributed by atoms with van der Waals surface area (Å²) in [6, 6.07) is 18.7. The fraction of sp³-hybridized carbons (Fsp3) is 0. The molecule has 150 valence electrons. The van der Waals surface area contributed by atoms with E-state index in [1.807, 2.05) is 6.07 Å². The van der Waals surface area contributed by atoms with Gasteiger partial charge in [0, 0.05) is 30.3 Å². The predicted octanol–water partition coefficient (Wildman–Crippen LogP) is 4.58. The van der Waals surface area contributed by atoms with Crippen molar-refractivity contribution in [3.8, 4) is 29.2 Å². The Morgan fingerprint density at radius 3 is 2.48 bits per heavy atom. The predicted molar refractivity (Wildman–Crippen MR) is 112 cm³/mol. The van der Waals surface area contributed by atoms with Crippen molar-refractivity contribution in [3.05, 3.63) is 96.7 Å². The number of aromatic nitrogens is 3. The summed E-state index contributed by atoms with van der Waals surface area (Å²) < 4.78 is 11.4. The van der Waals surface area contributed by atoms with E-state index >= 15 is 0 Å². The van der Waals surface area contributed by atoms with Crippen LogP contribution in [0.5, 0.6) is 23.1 Å². The van der Waals surface area contributed by atoms with Gasteiger partial charge in [0.15, 0.2) is 0 Å². The molecule has 0 radical (unpaired) electrons. The van der Waals surface area contributed by atoms with Gasteiger partial charge in [0.05, 0.1) is 6.20 Å². The van der Waals surface area contributed by atoms with Crippen molar-refractivity contribution in [2.75, 3.05) is 5.32 Å². The summed E-state index contributed by atoms with van der Waals surface area (Å²) in [7, 11) is 0. The van der Waals surface area contributed by atoms with E-state index in [2.05, 4.69) is 20.3 Å². The van der Waals surface area contributed by atoms with Crippen LogP contribution in [0, 0.1) is 11.3 Å². The smallest absolute Gasteiger partial charge is 0.261 e. The lowest BCUT2D eigenvalue weighted by atomic mass is 10.2.